The summed E-state index contributed by atoms with van der Waals surface area (Å²) in [4.78, 5) is 17.9. The minimum absolute atomic E-state index is 0.149. The molecule has 0 radical (unpaired) electrons. The Labute approximate surface area is 147 Å². The molecule has 1 aromatic carbocycles. The molecule has 0 saturated carbocycles. The molecule has 0 aliphatic carbocycles. The van der Waals surface area contributed by atoms with Crippen LogP contribution in [-0.2, 0) is 11.2 Å². The van der Waals surface area contributed by atoms with Crippen LogP contribution in [-0.4, -0.2) is 25.1 Å². The molecule has 2 aromatic heterocycles. The highest BCUT2D eigenvalue weighted by Gasteiger charge is 2.12. The van der Waals surface area contributed by atoms with E-state index in [1.807, 2.05) is 22.9 Å². The average Bonchev–Trinajstić information content (AvgIpc) is 3.25. The van der Waals surface area contributed by atoms with E-state index >= 15 is 0 Å². The lowest BCUT2D eigenvalue weighted by atomic mass is 10.2. The van der Waals surface area contributed by atoms with Crippen LogP contribution < -0.4 is 14.8 Å². The van der Waals surface area contributed by atoms with Gasteiger partial charge in [-0.05, 0) is 23.6 Å². The molecule has 124 valence electrons. The first-order chi connectivity index (χ1) is 11.7. The molecule has 0 bridgehead atoms. The first-order valence-electron chi connectivity index (χ1n) is 7.19. The van der Waals surface area contributed by atoms with Crippen molar-refractivity contribution in [3.8, 4) is 21.4 Å². The highest BCUT2D eigenvalue weighted by molar-refractivity contribution is 7.20. The second-order valence-electron chi connectivity index (χ2n) is 4.91. The lowest BCUT2D eigenvalue weighted by molar-refractivity contribution is -0.115. The van der Waals surface area contributed by atoms with Gasteiger partial charge < -0.3 is 14.8 Å². The van der Waals surface area contributed by atoms with Crippen molar-refractivity contribution in [3.05, 3.63) is 46.8 Å². The number of carbonyl (C=O) groups is 1. The zero-order valence-electron chi connectivity index (χ0n) is 13.2. The maximum Gasteiger partial charge on any atom is 0.230 e. The van der Waals surface area contributed by atoms with Crippen LogP contribution in [0.2, 0.25) is 0 Å². The van der Waals surface area contributed by atoms with Gasteiger partial charge in [0.25, 0.3) is 0 Å². The van der Waals surface area contributed by atoms with Gasteiger partial charge in [-0.3, -0.25) is 4.79 Å². The summed E-state index contributed by atoms with van der Waals surface area (Å²) in [6, 6.07) is 9.28. The van der Waals surface area contributed by atoms with Gasteiger partial charge in [0.1, 0.15) is 16.5 Å². The van der Waals surface area contributed by atoms with Crippen LogP contribution in [0.5, 0.6) is 11.5 Å². The first kappa shape index (κ1) is 16.5. The van der Waals surface area contributed by atoms with E-state index in [-0.39, 0.29) is 12.3 Å². The number of aromatic nitrogens is 1. The molecule has 0 aliphatic heterocycles. The second kappa shape index (κ2) is 7.46. The average molecular weight is 360 g/mol. The fourth-order valence-electron chi connectivity index (χ4n) is 2.17. The third-order valence-corrected chi connectivity index (χ3v) is 5.24. The van der Waals surface area contributed by atoms with E-state index in [9.17, 15) is 4.79 Å². The monoisotopic (exact) mass is 360 g/mol. The second-order valence-corrected chi connectivity index (χ2v) is 6.72. The van der Waals surface area contributed by atoms with Gasteiger partial charge in [-0.25, -0.2) is 4.98 Å². The van der Waals surface area contributed by atoms with Gasteiger partial charge in [0.05, 0.1) is 36.9 Å². The van der Waals surface area contributed by atoms with E-state index in [1.54, 1.807) is 55.1 Å². The Morgan fingerprint density at radius 1 is 1.21 bits per heavy atom. The number of nitrogens with one attached hydrogen (secondary N) is 1. The summed E-state index contributed by atoms with van der Waals surface area (Å²) in [6.45, 7) is 0. The Morgan fingerprint density at radius 2 is 2.08 bits per heavy atom. The maximum atomic E-state index is 12.3. The molecular weight excluding hydrogens is 344 g/mol. The molecule has 0 aliphatic rings. The lowest BCUT2D eigenvalue weighted by Gasteiger charge is -2.11. The Morgan fingerprint density at radius 3 is 2.79 bits per heavy atom. The molecule has 0 fully saturated rings. The molecule has 1 N–H and O–H groups in total. The molecule has 0 spiro atoms. The third kappa shape index (κ3) is 3.74. The number of thiazole rings is 1. The van der Waals surface area contributed by atoms with Crippen molar-refractivity contribution in [2.45, 2.75) is 6.42 Å². The van der Waals surface area contributed by atoms with Crippen LogP contribution in [0.25, 0.3) is 9.88 Å². The zero-order valence-corrected chi connectivity index (χ0v) is 14.9. The molecule has 24 heavy (non-hydrogen) atoms. The van der Waals surface area contributed by atoms with Gasteiger partial charge in [-0.15, -0.1) is 22.7 Å². The van der Waals surface area contributed by atoms with Crippen molar-refractivity contribution in [1.82, 2.24) is 4.98 Å². The largest absolute Gasteiger partial charge is 0.497 e. The third-order valence-electron chi connectivity index (χ3n) is 3.31. The van der Waals surface area contributed by atoms with Gasteiger partial charge >= 0.3 is 0 Å². The van der Waals surface area contributed by atoms with Crippen LogP contribution in [0.15, 0.2) is 41.1 Å². The van der Waals surface area contributed by atoms with Crippen LogP contribution >= 0.6 is 22.7 Å². The summed E-state index contributed by atoms with van der Waals surface area (Å²) in [7, 11) is 3.14. The molecule has 5 nitrogen and oxygen atoms in total. The predicted octanol–water partition coefficient (Wildman–Crippen LogP) is 4.07. The van der Waals surface area contributed by atoms with Crippen LogP contribution in [0.4, 0.5) is 5.69 Å². The van der Waals surface area contributed by atoms with Crippen molar-refractivity contribution >= 4 is 34.3 Å². The van der Waals surface area contributed by atoms with E-state index in [1.165, 1.54) is 0 Å². The molecule has 1 amide bonds. The zero-order chi connectivity index (χ0) is 16.9. The van der Waals surface area contributed by atoms with Crippen molar-refractivity contribution in [2.75, 3.05) is 19.5 Å². The number of hydrogen-bond acceptors (Lipinski definition) is 6. The standard InChI is InChI=1S/C17H16N2O3S2/c1-21-12-5-6-14(22-2)13(9-12)19-16(20)8-11-10-24-17(18-11)15-4-3-7-23-15/h3-7,9-10H,8H2,1-2H3,(H,19,20). The van der Waals surface area contributed by atoms with Gasteiger partial charge in [0.2, 0.25) is 5.91 Å². The number of rotatable bonds is 6. The fourth-order valence-corrected chi connectivity index (χ4v) is 3.81. The maximum absolute atomic E-state index is 12.3. The number of amides is 1. The highest BCUT2D eigenvalue weighted by atomic mass is 32.1. The smallest absolute Gasteiger partial charge is 0.230 e. The molecule has 0 saturated heterocycles. The summed E-state index contributed by atoms with van der Waals surface area (Å²) in [5, 5.41) is 7.72. The van der Waals surface area contributed by atoms with E-state index in [2.05, 4.69) is 10.3 Å². The van der Waals surface area contributed by atoms with E-state index in [0.717, 1.165) is 15.6 Å². The van der Waals surface area contributed by atoms with E-state index in [4.69, 9.17) is 9.47 Å². The summed E-state index contributed by atoms with van der Waals surface area (Å²) in [5.74, 6) is 1.09. The molecule has 0 atom stereocenters. The molecule has 7 heteroatoms. The van der Waals surface area contributed by atoms with Crippen molar-refractivity contribution in [3.63, 3.8) is 0 Å². The summed E-state index contributed by atoms with van der Waals surface area (Å²) in [6.07, 6.45) is 0.211. The minimum Gasteiger partial charge on any atom is -0.497 e. The molecule has 0 unspecified atom stereocenters. The Kier molecular flexibility index (Phi) is 5.12. The first-order valence-corrected chi connectivity index (χ1v) is 8.95. The number of methoxy groups -OCH3 is 2. The van der Waals surface area contributed by atoms with Gasteiger partial charge in [-0.1, -0.05) is 6.07 Å². The topological polar surface area (TPSA) is 60.5 Å². The van der Waals surface area contributed by atoms with Crippen LogP contribution in [0, 0.1) is 0 Å². The van der Waals surface area contributed by atoms with E-state index in [0.29, 0.717) is 17.2 Å². The molecule has 2 heterocycles. The Hall–Kier alpha value is -2.38. The number of carbonyl (C=O) groups excluding carboxylic acids is 1. The van der Waals surface area contributed by atoms with Crippen molar-refractivity contribution in [1.29, 1.82) is 0 Å². The SMILES string of the molecule is COc1ccc(OC)c(NC(=O)Cc2csc(-c3cccs3)n2)c1. The van der Waals surface area contributed by atoms with Crippen molar-refractivity contribution in [2.24, 2.45) is 0 Å². The van der Waals surface area contributed by atoms with Gasteiger partial charge in [0.15, 0.2) is 0 Å². The number of benzene rings is 1. The number of ether oxygens (including phenoxy) is 2. The number of anilines is 1. The predicted molar refractivity (Wildman–Crippen MR) is 97.3 cm³/mol. The summed E-state index contributed by atoms with van der Waals surface area (Å²) < 4.78 is 10.4. The van der Waals surface area contributed by atoms with Crippen LogP contribution in [0.1, 0.15) is 5.69 Å². The molecule has 3 aromatic rings. The summed E-state index contributed by atoms with van der Waals surface area (Å²) in [5.41, 5.74) is 1.33. The van der Waals surface area contributed by atoms with Gasteiger partial charge in [-0.2, -0.15) is 0 Å². The fraction of sp³-hybridized carbons (Fsp3) is 0.176. The van der Waals surface area contributed by atoms with Crippen LogP contribution in [0.3, 0.4) is 0 Å². The quantitative estimate of drug-likeness (QED) is 0.720. The lowest BCUT2D eigenvalue weighted by Crippen LogP contribution is -2.15. The number of nitrogens with zero attached hydrogens (tertiary/aromatic N) is 1. The normalized spacial score (nSPS) is 10.4. The highest BCUT2D eigenvalue weighted by Crippen LogP contribution is 2.30. The van der Waals surface area contributed by atoms with Crippen molar-refractivity contribution < 1.29 is 14.3 Å². The summed E-state index contributed by atoms with van der Waals surface area (Å²) >= 11 is 3.18. The number of thiophene rings is 1. The van der Waals surface area contributed by atoms with E-state index < -0.39 is 0 Å². The Balaban J connectivity index is 1.70. The number of hydrogen-bond donors (Lipinski definition) is 1. The minimum atomic E-state index is -0.149. The Bertz CT molecular complexity index is 828. The molecule has 3 rings (SSSR count). The molecular formula is C17H16N2O3S2. The van der Waals surface area contributed by atoms with Gasteiger partial charge in [0, 0.05) is 11.4 Å².